The number of nitrogens with one attached hydrogen (secondary N) is 1. The first-order chi connectivity index (χ1) is 20.3. The Kier molecular flexibility index (Phi) is 10.6. The Bertz CT molecular complexity index is 1530. The molecule has 1 aliphatic carbocycles. The summed E-state index contributed by atoms with van der Waals surface area (Å²) in [6.45, 7) is 0.678. The average molecular weight is 618 g/mol. The van der Waals surface area contributed by atoms with Crippen molar-refractivity contribution in [2.45, 2.75) is 44.7 Å². The van der Waals surface area contributed by atoms with Gasteiger partial charge in [-0.25, -0.2) is 13.6 Å². The summed E-state index contributed by atoms with van der Waals surface area (Å²) in [4.78, 5) is 28.0. The van der Waals surface area contributed by atoms with E-state index in [1.165, 1.54) is 14.2 Å². The predicted molar refractivity (Wildman–Crippen MR) is 163 cm³/mol. The minimum Gasteiger partial charge on any atom is -0.496 e. The van der Waals surface area contributed by atoms with Crippen LogP contribution in [0.15, 0.2) is 48.2 Å². The molecule has 2 aromatic carbocycles. The monoisotopic (exact) mass is 617 g/mol. The van der Waals surface area contributed by atoms with E-state index < -0.39 is 17.6 Å². The van der Waals surface area contributed by atoms with Crippen LogP contribution in [-0.2, 0) is 16.1 Å². The second-order valence-corrected chi connectivity index (χ2v) is 11.2. The van der Waals surface area contributed by atoms with Crippen molar-refractivity contribution in [1.82, 2.24) is 10.2 Å². The first kappa shape index (κ1) is 31.5. The summed E-state index contributed by atoms with van der Waals surface area (Å²) in [5.41, 5.74) is 7.30. The van der Waals surface area contributed by atoms with Gasteiger partial charge in [0, 0.05) is 24.7 Å². The van der Waals surface area contributed by atoms with Crippen molar-refractivity contribution in [3.05, 3.63) is 80.8 Å². The third-order valence-electron chi connectivity index (χ3n) is 7.43. The first-order valence-electron chi connectivity index (χ1n) is 13.7. The molecule has 0 radical (unpaired) electrons. The number of methoxy groups -OCH3 is 2. The Hall–Kier alpha value is -3.47. The Balaban J connectivity index is 0.00000198. The fourth-order valence-electron chi connectivity index (χ4n) is 5.37. The standard InChI is InChI=1S/C30H29ClF2N2O4S.CH5N/c1-38-24-11-8-17(18-12-13-34-23(15-18)30(37)39-2)14-19(24)16-35(20-6-4-3-5-7-20)29(36)28-26(31)25-21(32)9-10-22(33)27(25)40-28;1-2/h8-12,14-15,20,34H,3-7,13,16H2,1-2H3;2H2,1H3. The molecule has 7 nitrogen and oxygen atoms in total. The molecule has 0 unspecified atom stereocenters. The number of carbonyl (C=O) groups is 2. The third-order valence-corrected chi connectivity index (χ3v) is 9.10. The van der Waals surface area contributed by atoms with E-state index in [-0.39, 0.29) is 38.5 Å². The number of ether oxygens (including phenoxy) is 2. The molecule has 0 atom stereocenters. The highest BCUT2D eigenvalue weighted by atomic mass is 35.5. The molecule has 2 aliphatic rings. The van der Waals surface area contributed by atoms with Gasteiger partial charge in [0.2, 0.25) is 0 Å². The molecule has 1 aliphatic heterocycles. The van der Waals surface area contributed by atoms with Crippen molar-refractivity contribution in [1.29, 1.82) is 0 Å². The molecule has 1 aromatic heterocycles. The first-order valence-corrected chi connectivity index (χ1v) is 14.9. The van der Waals surface area contributed by atoms with Gasteiger partial charge in [-0.1, -0.05) is 43.0 Å². The minimum absolute atomic E-state index is 0.0302. The number of benzene rings is 2. The summed E-state index contributed by atoms with van der Waals surface area (Å²) in [6, 6.07) is 7.68. The largest absolute Gasteiger partial charge is 0.496 e. The van der Waals surface area contributed by atoms with E-state index >= 15 is 0 Å². The summed E-state index contributed by atoms with van der Waals surface area (Å²) in [5, 5.41) is 2.88. The maximum absolute atomic E-state index is 14.6. The van der Waals surface area contributed by atoms with Gasteiger partial charge in [0.15, 0.2) is 0 Å². The Morgan fingerprint density at radius 1 is 1.10 bits per heavy atom. The fraction of sp³-hybridized carbons (Fsp3) is 0.355. The molecule has 2 heterocycles. The van der Waals surface area contributed by atoms with Crippen LogP contribution in [0, 0.1) is 11.6 Å². The Morgan fingerprint density at radius 3 is 2.48 bits per heavy atom. The second kappa shape index (κ2) is 14.1. The van der Waals surface area contributed by atoms with E-state index in [4.69, 9.17) is 21.1 Å². The van der Waals surface area contributed by atoms with Crippen LogP contribution < -0.4 is 15.8 Å². The Morgan fingerprint density at radius 2 is 1.81 bits per heavy atom. The number of thiophene rings is 1. The zero-order chi connectivity index (χ0) is 30.4. The van der Waals surface area contributed by atoms with Gasteiger partial charge in [0.1, 0.15) is 28.0 Å². The summed E-state index contributed by atoms with van der Waals surface area (Å²) in [7, 11) is 4.40. The molecule has 42 heavy (non-hydrogen) atoms. The summed E-state index contributed by atoms with van der Waals surface area (Å²) < 4.78 is 39.7. The second-order valence-electron chi connectivity index (χ2n) is 9.82. The number of esters is 1. The van der Waals surface area contributed by atoms with Crippen molar-refractivity contribution < 1.29 is 27.8 Å². The summed E-state index contributed by atoms with van der Waals surface area (Å²) >= 11 is 7.41. The molecule has 3 N–H and O–H groups in total. The number of dihydropyridines is 1. The van der Waals surface area contributed by atoms with Gasteiger partial charge < -0.3 is 25.4 Å². The number of nitrogens with zero attached hydrogens (tertiary/aromatic N) is 1. The van der Waals surface area contributed by atoms with E-state index in [2.05, 4.69) is 11.1 Å². The van der Waals surface area contributed by atoms with Crippen LogP contribution in [0.1, 0.15) is 52.9 Å². The molecule has 0 saturated heterocycles. The van der Waals surface area contributed by atoms with Crippen molar-refractivity contribution in [2.24, 2.45) is 5.73 Å². The van der Waals surface area contributed by atoms with Crippen molar-refractivity contribution >= 4 is 50.5 Å². The molecular weight excluding hydrogens is 584 g/mol. The van der Waals surface area contributed by atoms with Crippen LogP contribution in [-0.4, -0.2) is 50.6 Å². The van der Waals surface area contributed by atoms with Gasteiger partial charge in [0.25, 0.3) is 5.91 Å². The molecule has 3 aromatic rings. The number of carbonyl (C=O) groups excluding carboxylic acids is 2. The summed E-state index contributed by atoms with van der Waals surface area (Å²) in [5.74, 6) is -1.50. The topological polar surface area (TPSA) is 93.9 Å². The maximum atomic E-state index is 14.6. The number of allylic oxidation sites excluding steroid dienone is 2. The van der Waals surface area contributed by atoms with Crippen LogP contribution in [0.4, 0.5) is 8.78 Å². The lowest BCUT2D eigenvalue weighted by Gasteiger charge is -2.35. The lowest BCUT2D eigenvalue weighted by Crippen LogP contribution is -2.40. The number of nitrogens with two attached hydrogens (primary N) is 1. The fourth-order valence-corrected chi connectivity index (χ4v) is 6.87. The van der Waals surface area contributed by atoms with Crippen LogP contribution in [0.3, 0.4) is 0 Å². The molecule has 0 bridgehead atoms. The van der Waals surface area contributed by atoms with Crippen LogP contribution >= 0.6 is 22.9 Å². The average Bonchev–Trinajstić information content (AvgIpc) is 3.40. The highest BCUT2D eigenvalue weighted by Gasteiger charge is 2.31. The number of halogens is 3. The molecule has 1 amide bonds. The van der Waals surface area contributed by atoms with E-state index in [1.807, 2.05) is 24.3 Å². The van der Waals surface area contributed by atoms with Gasteiger partial charge >= 0.3 is 5.97 Å². The van der Waals surface area contributed by atoms with E-state index in [0.29, 0.717) is 18.0 Å². The predicted octanol–water partition coefficient (Wildman–Crippen LogP) is 6.44. The van der Waals surface area contributed by atoms with Gasteiger partial charge in [0.05, 0.1) is 29.3 Å². The zero-order valence-corrected chi connectivity index (χ0v) is 25.3. The number of hydrogen-bond donors (Lipinski definition) is 2. The quantitative estimate of drug-likeness (QED) is 0.297. The molecule has 0 spiro atoms. The minimum atomic E-state index is -0.662. The lowest BCUT2D eigenvalue weighted by atomic mass is 9.93. The molecule has 1 fully saturated rings. The highest BCUT2D eigenvalue weighted by Crippen LogP contribution is 2.40. The van der Waals surface area contributed by atoms with Crippen LogP contribution in [0.2, 0.25) is 5.02 Å². The maximum Gasteiger partial charge on any atom is 0.354 e. The lowest BCUT2D eigenvalue weighted by molar-refractivity contribution is -0.136. The van der Waals surface area contributed by atoms with Gasteiger partial charge in [-0.05, 0) is 61.4 Å². The smallest absolute Gasteiger partial charge is 0.354 e. The van der Waals surface area contributed by atoms with Gasteiger partial charge in [-0.2, -0.15) is 0 Å². The van der Waals surface area contributed by atoms with Gasteiger partial charge in [-0.3, -0.25) is 4.79 Å². The van der Waals surface area contributed by atoms with E-state index in [9.17, 15) is 18.4 Å². The van der Waals surface area contributed by atoms with Crippen molar-refractivity contribution in [3.63, 3.8) is 0 Å². The zero-order valence-electron chi connectivity index (χ0n) is 23.8. The number of amides is 1. The highest BCUT2D eigenvalue weighted by molar-refractivity contribution is 7.21. The van der Waals surface area contributed by atoms with Crippen molar-refractivity contribution in [3.8, 4) is 5.75 Å². The normalized spacial score (nSPS) is 15.1. The van der Waals surface area contributed by atoms with Crippen LogP contribution in [0.5, 0.6) is 5.75 Å². The SMILES string of the molecule is CN.COC(=O)C1=CC(c2ccc(OC)c(CN(C(=O)c3sc4c(F)ccc(F)c4c3Cl)C3CCCCC3)c2)=CCN1. The summed E-state index contributed by atoms with van der Waals surface area (Å²) in [6.07, 6.45) is 8.38. The molecule has 11 heteroatoms. The molecule has 224 valence electrons. The number of fused-ring (bicyclic) bond motifs is 1. The van der Waals surface area contributed by atoms with E-state index in [1.54, 1.807) is 18.1 Å². The third kappa shape index (κ3) is 6.45. The van der Waals surface area contributed by atoms with Crippen LogP contribution in [0.25, 0.3) is 15.7 Å². The number of rotatable bonds is 7. The molecule has 5 rings (SSSR count). The molecule has 1 saturated carbocycles. The Labute approximate surface area is 252 Å². The van der Waals surface area contributed by atoms with Gasteiger partial charge in [-0.15, -0.1) is 11.3 Å². The van der Waals surface area contributed by atoms with Crippen molar-refractivity contribution in [2.75, 3.05) is 27.8 Å². The van der Waals surface area contributed by atoms with E-state index in [0.717, 1.165) is 72.3 Å². The molecular formula is C31H34ClF2N3O4S. The number of hydrogen-bond acceptors (Lipinski definition) is 7.